The van der Waals surface area contributed by atoms with Crippen molar-refractivity contribution in [2.45, 2.75) is 43.0 Å². The van der Waals surface area contributed by atoms with E-state index in [0.29, 0.717) is 18.4 Å². The quantitative estimate of drug-likeness (QED) is 0.422. The number of nitrogens with zero attached hydrogens (tertiary/aromatic N) is 3. The molecule has 0 amide bonds. The lowest BCUT2D eigenvalue weighted by Gasteiger charge is -2.29. The van der Waals surface area contributed by atoms with Gasteiger partial charge in [-0.1, -0.05) is 60.7 Å². The average Bonchev–Trinajstić information content (AvgIpc) is 3.39. The van der Waals surface area contributed by atoms with E-state index in [9.17, 15) is 8.42 Å². The van der Waals surface area contributed by atoms with Crippen LogP contribution in [0.2, 0.25) is 0 Å². The Bertz CT molecular complexity index is 1320. The first-order valence-electron chi connectivity index (χ1n) is 13.2. The minimum atomic E-state index is -3.82. The van der Waals surface area contributed by atoms with Crippen LogP contribution in [0.1, 0.15) is 30.5 Å². The summed E-state index contributed by atoms with van der Waals surface area (Å²) >= 11 is 0. The zero-order valence-corrected chi connectivity index (χ0v) is 23.2. The first-order chi connectivity index (χ1) is 18.3. The molecule has 0 aliphatic carbocycles. The fourth-order valence-electron chi connectivity index (χ4n) is 5.27. The van der Waals surface area contributed by atoms with Gasteiger partial charge in [0.2, 0.25) is 10.0 Å². The normalized spacial score (nSPS) is 22.1. The van der Waals surface area contributed by atoms with Gasteiger partial charge in [0.1, 0.15) is 16.7 Å². The van der Waals surface area contributed by atoms with Crippen molar-refractivity contribution in [2.24, 2.45) is 0 Å². The third-order valence-corrected chi connectivity index (χ3v) is 9.56. The van der Waals surface area contributed by atoms with Crippen LogP contribution >= 0.6 is 0 Å². The molecule has 0 aromatic heterocycles. The molecule has 38 heavy (non-hydrogen) atoms. The van der Waals surface area contributed by atoms with Crippen molar-refractivity contribution >= 4 is 15.7 Å². The Morgan fingerprint density at radius 3 is 2.39 bits per heavy atom. The van der Waals surface area contributed by atoms with Crippen LogP contribution in [-0.2, 0) is 21.4 Å². The van der Waals surface area contributed by atoms with Crippen molar-refractivity contribution in [1.29, 1.82) is 0 Å². The molecule has 2 aliphatic heterocycles. The van der Waals surface area contributed by atoms with Gasteiger partial charge in [0.25, 0.3) is 0 Å². The lowest BCUT2D eigenvalue weighted by Crippen LogP contribution is -2.40. The van der Waals surface area contributed by atoms with Gasteiger partial charge in [-0.05, 0) is 50.7 Å². The highest BCUT2D eigenvalue weighted by Crippen LogP contribution is 2.38. The predicted octanol–water partition coefficient (Wildman–Crippen LogP) is 4.56. The lowest BCUT2D eigenvalue weighted by molar-refractivity contribution is 0.0313. The van der Waals surface area contributed by atoms with E-state index in [0.717, 1.165) is 36.3 Å². The zero-order valence-electron chi connectivity index (χ0n) is 22.4. The molecular formula is C30H37N3O4S. The van der Waals surface area contributed by atoms with Gasteiger partial charge in [0.15, 0.2) is 0 Å². The lowest BCUT2D eigenvalue weighted by atomic mass is 10.1. The van der Waals surface area contributed by atoms with Crippen LogP contribution in [0, 0.1) is 0 Å². The zero-order chi connectivity index (χ0) is 26.7. The molecule has 1 fully saturated rings. The van der Waals surface area contributed by atoms with Crippen LogP contribution in [0.4, 0.5) is 5.69 Å². The Labute approximate surface area is 226 Å². The second-order valence-corrected chi connectivity index (χ2v) is 12.2. The highest BCUT2D eigenvalue weighted by Gasteiger charge is 2.38. The smallest absolute Gasteiger partial charge is 0.247 e. The SMILES string of the molecule is C[C@@H](c1ccccc1)N1C[C@H](COCc2ccccc2)Oc2cc(N3CC[C@@H](N(C)C)C3)ccc2S1(=O)=O. The van der Waals surface area contributed by atoms with Gasteiger partial charge in [-0.3, -0.25) is 0 Å². The number of hydrogen-bond donors (Lipinski definition) is 0. The number of ether oxygens (including phenoxy) is 2. The first kappa shape index (κ1) is 26.7. The topological polar surface area (TPSA) is 62.3 Å². The number of benzene rings is 3. The number of sulfonamides is 1. The van der Waals surface area contributed by atoms with E-state index < -0.39 is 16.1 Å². The number of fused-ring (bicyclic) bond motifs is 1. The number of likely N-dealkylation sites (N-methyl/N-ethyl adjacent to an activating group) is 1. The molecule has 3 atom stereocenters. The van der Waals surface area contributed by atoms with Gasteiger partial charge in [-0.25, -0.2) is 8.42 Å². The van der Waals surface area contributed by atoms with Gasteiger partial charge >= 0.3 is 0 Å². The van der Waals surface area contributed by atoms with Crippen molar-refractivity contribution in [3.8, 4) is 5.75 Å². The van der Waals surface area contributed by atoms with Crippen molar-refractivity contribution < 1.29 is 17.9 Å². The molecule has 2 aliphatic rings. The molecule has 0 bridgehead atoms. The number of rotatable bonds is 8. The molecule has 7 nitrogen and oxygen atoms in total. The third kappa shape index (κ3) is 5.73. The van der Waals surface area contributed by atoms with Crippen LogP contribution in [0.15, 0.2) is 83.8 Å². The molecule has 0 spiro atoms. The van der Waals surface area contributed by atoms with E-state index in [1.54, 1.807) is 10.4 Å². The summed E-state index contributed by atoms with van der Waals surface area (Å²) in [6, 6.07) is 25.3. The molecule has 0 unspecified atom stereocenters. The summed E-state index contributed by atoms with van der Waals surface area (Å²) in [6.07, 6.45) is 0.617. The molecular weight excluding hydrogens is 498 g/mol. The Morgan fingerprint density at radius 1 is 1.00 bits per heavy atom. The minimum Gasteiger partial charge on any atom is -0.485 e. The molecule has 0 saturated carbocycles. The van der Waals surface area contributed by atoms with E-state index >= 15 is 0 Å². The van der Waals surface area contributed by atoms with Crippen LogP contribution < -0.4 is 9.64 Å². The van der Waals surface area contributed by atoms with E-state index in [2.05, 4.69) is 23.9 Å². The molecule has 3 aromatic rings. The maximum atomic E-state index is 14.0. The summed E-state index contributed by atoms with van der Waals surface area (Å²) in [7, 11) is 0.386. The molecule has 2 heterocycles. The molecule has 8 heteroatoms. The van der Waals surface area contributed by atoms with Gasteiger partial charge in [0, 0.05) is 36.9 Å². The van der Waals surface area contributed by atoms with E-state index in [1.165, 1.54) is 0 Å². The van der Waals surface area contributed by atoms with E-state index in [4.69, 9.17) is 9.47 Å². The van der Waals surface area contributed by atoms with Crippen molar-refractivity contribution in [3.63, 3.8) is 0 Å². The Kier molecular flexibility index (Phi) is 8.04. The summed E-state index contributed by atoms with van der Waals surface area (Å²) in [5.41, 5.74) is 2.99. The standard InChI is InChI=1S/C30H37N3O4S/c1-23(25-12-8-5-9-13-25)33-20-28(22-36-21-24-10-6-4-7-11-24)37-29-18-26(14-15-30(29)38(33,34)35)32-17-16-27(19-32)31(2)3/h4-15,18,23,27-28H,16-17,19-22H2,1-3H3/t23-,27+,28+/m0/s1. The molecule has 0 radical (unpaired) electrons. The fraction of sp³-hybridized carbons (Fsp3) is 0.400. The number of hydrogen-bond acceptors (Lipinski definition) is 6. The maximum absolute atomic E-state index is 14.0. The maximum Gasteiger partial charge on any atom is 0.247 e. The first-order valence-corrected chi connectivity index (χ1v) is 14.7. The summed E-state index contributed by atoms with van der Waals surface area (Å²) < 4.78 is 42.1. The van der Waals surface area contributed by atoms with E-state index in [1.807, 2.05) is 79.7 Å². The average molecular weight is 536 g/mol. The Morgan fingerprint density at radius 2 is 1.71 bits per heavy atom. The summed E-state index contributed by atoms with van der Waals surface area (Å²) in [6.45, 7) is 4.67. The Balaban J connectivity index is 1.44. The van der Waals surface area contributed by atoms with Crippen LogP contribution in [0.3, 0.4) is 0 Å². The molecule has 0 N–H and O–H groups in total. The molecule has 1 saturated heterocycles. The van der Waals surface area contributed by atoms with Crippen LogP contribution in [0.5, 0.6) is 5.75 Å². The molecule has 3 aromatic carbocycles. The van der Waals surface area contributed by atoms with Gasteiger partial charge in [-0.15, -0.1) is 0 Å². The Hall–Kier alpha value is -2.91. The third-order valence-electron chi connectivity index (χ3n) is 7.58. The van der Waals surface area contributed by atoms with Crippen molar-refractivity contribution in [2.75, 3.05) is 45.2 Å². The van der Waals surface area contributed by atoms with Crippen LogP contribution in [-0.4, -0.2) is 70.1 Å². The predicted molar refractivity (Wildman–Crippen MR) is 150 cm³/mol. The second-order valence-electron chi connectivity index (χ2n) is 10.4. The summed E-state index contributed by atoms with van der Waals surface area (Å²) in [4.78, 5) is 4.75. The molecule has 202 valence electrons. The van der Waals surface area contributed by atoms with Gasteiger partial charge in [-0.2, -0.15) is 4.31 Å². The van der Waals surface area contributed by atoms with Gasteiger partial charge in [0.05, 0.1) is 19.8 Å². The summed E-state index contributed by atoms with van der Waals surface area (Å²) in [5, 5.41) is 0. The van der Waals surface area contributed by atoms with Crippen molar-refractivity contribution in [3.05, 3.63) is 90.0 Å². The summed E-state index contributed by atoms with van der Waals surface area (Å²) in [5.74, 6) is 0.395. The van der Waals surface area contributed by atoms with Crippen LogP contribution in [0.25, 0.3) is 0 Å². The second kappa shape index (κ2) is 11.5. The van der Waals surface area contributed by atoms with Gasteiger partial charge < -0.3 is 19.3 Å². The fourth-order valence-corrected chi connectivity index (χ4v) is 7.03. The van der Waals surface area contributed by atoms with Crippen molar-refractivity contribution in [1.82, 2.24) is 9.21 Å². The highest BCUT2D eigenvalue weighted by molar-refractivity contribution is 7.89. The highest BCUT2D eigenvalue weighted by atomic mass is 32.2. The van der Waals surface area contributed by atoms with E-state index in [-0.39, 0.29) is 24.1 Å². The number of anilines is 1. The molecule has 5 rings (SSSR count). The monoisotopic (exact) mass is 535 g/mol. The minimum absolute atomic E-state index is 0.198. The largest absolute Gasteiger partial charge is 0.485 e.